The summed E-state index contributed by atoms with van der Waals surface area (Å²) in [6.07, 6.45) is -4.84. The maximum atomic E-state index is 12.5. The van der Waals surface area contributed by atoms with Gasteiger partial charge < -0.3 is 20.1 Å². The Bertz CT molecular complexity index is 923. The van der Waals surface area contributed by atoms with E-state index in [0.29, 0.717) is 5.56 Å². The summed E-state index contributed by atoms with van der Waals surface area (Å²) in [5, 5.41) is 5.05. The highest BCUT2D eigenvalue weighted by Gasteiger charge is 2.31. The van der Waals surface area contributed by atoms with E-state index >= 15 is 0 Å². The smallest absolute Gasteiger partial charge is 0.462 e. The summed E-state index contributed by atoms with van der Waals surface area (Å²) in [4.78, 5) is 37.0. The number of thiophene rings is 1. The number of carbonyl (C=O) groups excluding carboxylic acids is 3. The summed E-state index contributed by atoms with van der Waals surface area (Å²) >= 11 is 0.889. The number of benzene rings is 1. The van der Waals surface area contributed by atoms with Crippen molar-refractivity contribution in [2.45, 2.75) is 20.2 Å². The zero-order chi connectivity index (χ0) is 21.8. The van der Waals surface area contributed by atoms with Crippen molar-refractivity contribution in [2.75, 3.05) is 19.0 Å². The van der Waals surface area contributed by atoms with E-state index in [2.05, 4.69) is 15.4 Å². The predicted molar refractivity (Wildman–Crippen MR) is 99.5 cm³/mol. The summed E-state index contributed by atoms with van der Waals surface area (Å²) < 4.78 is 45.4. The van der Waals surface area contributed by atoms with Crippen LogP contribution in [0.3, 0.4) is 0 Å². The second-order valence-electron chi connectivity index (χ2n) is 5.59. The van der Waals surface area contributed by atoms with Crippen molar-refractivity contribution < 1.29 is 37.0 Å². The number of ether oxygens (including phenoxy) is 2. The van der Waals surface area contributed by atoms with E-state index in [1.54, 1.807) is 13.8 Å². The van der Waals surface area contributed by atoms with Gasteiger partial charge in [-0.3, -0.25) is 9.59 Å². The molecule has 2 rings (SSSR count). The number of amides is 2. The second-order valence-corrected chi connectivity index (χ2v) is 6.61. The molecule has 0 saturated heterocycles. The van der Waals surface area contributed by atoms with Crippen molar-refractivity contribution >= 4 is 34.1 Å². The highest BCUT2D eigenvalue weighted by molar-refractivity contribution is 7.18. The van der Waals surface area contributed by atoms with Crippen LogP contribution in [0.5, 0.6) is 5.75 Å². The van der Waals surface area contributed by atoms with Crippen LogP contribution in [0.15, 0.2) is 24.3 Å². The molecular weight excluding hydrogens is 413 g/mol. The highest BCUT2D eigenvalue weighted by atomic mass is 32.1. The van der Waals surface area contributed by atoms with Crippen LogP contribution in [-0.4, -0.2) is 37.8 Å². The Kier molecular flexibility index (Phi) is 6.85. The van der Waals surface area contributed by atoms with Crippen LogP contribution in [0.1, 0.15) is 42.9 Å². The molecule has 1 aromatic heterocycles. The van der Waals surface area contributed by atoms with E-state index in [-0.39, 0.29) is 27.6 Å². The van der Waals surface area contributed by atoms with Crippen LogP contribution in [0.4, 0.5) is 18.2 Å². The average Bonchev–Trinajstić information content (AvgIpc) is 2.96. The van der Waals surface area contributed by atoms with Gasteiger partial charge in [-0.05, 0) is 43.7 Å². The maximum absolute atomic E-state index is 12.5. The van der Waals surface area contributed by atoms with Crippen LogP contribution in [0.2, 0.25) is 0 Å². The Morgan fingerprint density at radius 1 is 1.10 bits per heavy atom. The third kappa shape index (κ3) is 5.47. The minimum Gasteiger partial charge on any atom is -0.462 e. The minimum atomic E-state index is -4.84. The first-order valence-corrected chi connectivity index (χ1v) is 9.08. The molecule has 0 bridgehead atoms. The van der Waals surface area contributed by atoms with Crippen molar-refractivity contribution in [3.8, 4) is 5.75 Å². The van der Waals surface area contributed by atoms with E-state index < -0.39 is 29.9 Å². The molecule has 0 radical (unpaired) electrons. The fraction of sp³-hybridized carbons (Fsp3) is 0.278. The van der Waals surface area contributed by atoms with Gasteiger partial charge in [-0.15, -0.1) is 24.5 Å². The Balaban J connectivity index is 2.31. The lowest BCUT2D eigenvalue weighted by Gasteiger charge is -2.10. The van der Waals surface area contributed by atoms with Gasteiger partial charge in [0.15, 0.2) is 0 Å². The summed E-state index contributed by atoms with van der Waals surface area (Å²) in [5.74, 6) is -2.30. The number of anilines is 1. The number of alkyl halides is 3. The molecule has 2 aromatic rings. The SMILES string of the molecule is CCOC(=O)c1c(NC(=O)c2ccc(OC(F)(F)F)cc2)sc(C(=O)NC)c1C. The molecule has 11 heteroatoms. The first-order chi connectivity index (χ1) is 13.6. The molecular formula is C18H17F3N2O5S. The summed E-state index contributed by atoms with van der Waals surface area (Å²) in [6.45, 7) is 3.26. The minimum absolute atomic E-state index is 0.0295. The lowest BCUT2D eigenvalue weighted by Crippen LogP contribution is -2.18. The molecule has 0 saturated carbocycles. The standard InChI is InChI=1S/C18H17F3N2O5S/c1-4-27-17(26)12-9(2)13(15(25)22-3)29-16(12)23-14(24)10-5-7-11(8-6-10)28-18(19,20)21/h5-8H,4H2,1-3H3,(H,22,25)(H,23,24). The Labute approximate surface area is 167 Å². The molecule has 0 atom stereocenters. The first-order valence-electron chi connectivity index (χ1n) is 8.27. The van der Waals surface area contributed by atoms with Gasteiger partial charge in [0.05, 0.1) is 17.0 Å². The number of hydrogen-bond acceptors (Lipinski definition) is 6. The van der Waals surface area contributed by atoms with Gasteiger partial charge in [0.1, 0.15) is 10.8 Å². The van der Waals surface area contributed by atoms with Gasteiger partial charge in [0.25, 0.3) is 11.8 Å². The number of nitrogens with one attached hydrogen (secondary N) is 2. The zero-order valence-electron chi connectivity index (χ0n) is 15.6. The number of carbonyl (C=O) groups is 3. The van der Waals surface area contributed by atoms with Gasteiger partial charge in [0.2, 0.25) is 0 Å². The quantitative estimate of drug-likeness (QED) is 0.681. The van der Waals surface area contributed by atoms with Crippen LogP contribution in [-0.2, 0) is 4.74 Å². The van der Waals surface area contributed by atoms with E-state index in [4.69, 9.17) is 4.74 Å². The van der Waals surface area contributed by atoms with Crippen molar-refractivity contribution in [2.24, 2.45) is 0 Å². The molecule has 156 valence electrons. The van der Waals surface area contributed by atoms with E-state index in [1.165, 1.54) is 7.05 Å². The van der Waals surface area contributed by atoms with Crippen molar-refractivity contribution in [3.05, 3.63) is 45.8 Å². The molecule has 0 fully saturated rings. The number of hydrogen-bond donors (Lipinski definition) is 2. The van der Waals surface area contributed by atoms with Gasteiger partial charge >= 0.3 is 12.3 Å². The molecule has 0 spiro atoms. The fourth-order valence-corrected chi connectivity index (χ4v) is 3.50. The summed E-state index contributed by atoms with van der Waals surface area (Å²) in [5.41, 5.74) is 0.416. The Morgan fingerprint density at radius 3 is 2.24 bits per heavy atom. The number of rotatable bonds is 6. The molecule has 0 unspecified atom stereocenters. The van der Waals surface area contributed by atoms with Crippen molar-refractivity contribution in [3.63, 3.8) is 0 Å². The van der Waals surface area contributed by atoms with E-state index in [0.717, 1.165) is 35.6 Å². The molecule has 1 heterocycles. The van der Waals surface area contributed by atoms with Crippen molar-refractivity contribution in [1.82, 2.24) is 5.32 Å². The summed E-state index contributed by atoms with van der Waals surface area (Å²) in [7, 11) is 1.42. The van der Waals surface area contributed by atoms with Crippen LogP contribution in [0.25, 0.3) is 0 Å². The van der Waals surface area contributed by atoms with Gasteiger partial charge in [-0.1, -0.05) is 0 Å². The van der Waals surface area contributed by atoms with Gasteiger partial charge in [0, 0.05) is 12.6 Å². The highest BCUT2D eigenvalue weighted by Crippen LogP contribution is 2.34. The molecule has 0 aliphatic carbocycles. The van der Waals surface area contributed by atoms with Crippen LogP contribution in [0, 0.1) is 6.92 Å². The number of esters is 1. The topological polar surface area (TPSA) is 93.7 Å². The third-order valence-corrected chi connectivity index (χ3v) is 4.84. The average molecular weight is 430 g/mol. The van der Waals surface area contributed by atoms with Crippen molar-refractivity contribution in [1.29, 1.82) is 0 Å². The normalized spacial score (nSPS) is 11.0. The first kappa shape index (κ1) is 22.2. The fourth-order valence-electron chi connectivity index (χ4n) is 2.36. The lowest BCUT2D eigenvalue weighted by atomic mass is 10.1. The largest absolute Gasteiger partial charge is 0.573 e. The number of halogens is 3. The molecule has 0 aliphatic heterocycles. The monoisotopic (exact) mass is 430 g/mol. The molecule has 2 amide bonds. The lowest BCUT2D eigenvalue weighted by molar-refractivity contribution is -0.274. The molecule has 7 nitrogen and oxygen atoms in total. The molecule has 0 aliphatic rings. The maximum Gasteiger partial charge on any atom is 0.573 e. The van der Waals surface area contributed by atoms with Crippen LogP contribution >= 0.6 is 11.3 Å². The van der Waals surface area contributed by atoms with Crippen LogP contribution < -0.4 is 15.4 Å². The molecule has 2 N–H and O–H groups in total. The third-order valence-electron chi connectivity index (χ3n) is 3.64. The van der Waals surface area contributed by atoms with E-state index in [9.17, 15) is 27.6 Å². The predicted octanol–water partition coefficient (Wildman–Crippen LogP) is 3.74. The molecule has 29 heavy (non-hydrogen) atoms. The Hall–Kier alpha value is -3.08. The second kappa shape index (κ2) is 8.95. The Morgan fingerprint density at radius 2 is 1.72 bits per heavy atom. The summed E-state index contributed by atoms with van der Waals surface area (Å²) in [6, 6.07) is 4.26. The van der Waals surface area contributed by atoms with Gasteiger partial charge in [-0.2, -0.15) is 0 Å². The zero-order valence-corrected chi connectivity index (χ0v) is 16.4. The van der Waals surface area contributed by atoms with E-state index in [1.807, 2.05) is 0 Å². The van der Waals surface area contributed by atoms with Gasteiger partial charge in [-0.25, -0.2) is 4.79 Å². The molecule has 1 aromatic carbocycles.